The van der Waals surface area contributed by atoms with E-state index in [0.717, 1.165) is 14.2 Å². The number of hydrogen-bond donors (Lipinski definition) is 0. The fraction of sp³-hybridized carbons (Fsp3) is 0.750. The minimum Gasteiger partial charge on any atom is -0.311 e. The third-order valence-electron chi connectivity index (χ3n) is 0.974. The molecule has 11 heavy (non-hydrogen) atoms. The lowest BCUT2D eigenvalue weighted by atomic mass is 10.9. The molecule has 1 atom stereocenters. The first-order chi connectivity index (χ1) is 4.98. The number of halogens is 2. The van der Waals surface area contributed by atoms with Gasteiger partial charge in [0.05, 0.1) is 0 Å². The van der Waals surface area contributed by atoms with Crippen LogP contribution < -0.4 is 0 Å². The van der Waals surface area contributed by atoms with Gasteiger partial charge in [0.15, 0.2) is 0 Å². The standard InChI is InChI=1S/C4H7Cl2O4P/c1-9-11(8,10-2)4(6)3(5)7/h4H,1-2H3. The van der Waals surface area contributed by atoms with Crippen LogP contribution in [0.15, 0.2) is 0 Å². The molecule has 4 nitrogen and oxygen atoms in total. The van der Waals surface area contributed by atoms with Crippen molar-refractivity contribution in [2.24, 2.45) is 0 Å². The molecule has 0 aliphatic heterocycles. The first kappa shape index (κ1) is 11.4. The first-order valence-corrected chi connectivity index (χ1v) is 4.95. The van der Waals surface area contributed by atoms with E-state index in [1.165, 1.54) is 0 Å². The molecule has 0 aromatic rings. The van der Waals surface area contributed by atoms with Crippen LogP contribution in [-0.2, 0) is 18.4 Å². The van der Waals surface area contributed by atoms with Gasteiger partial charge in [0.2, 0.25) is 5.12 Å². The minimum absolute atomic E-state index is 0.960. The second-order valence-electron chi connectivity index (χ2n) is 1.54. The molecular formula is C4H7Cl2O4P. The monoisotopic (exact) mass is 220 g/mol. The molecule has 0 aliphatic carbocycles. The van der Waals surface area contributed by atoms with Crippen molar-refractivity contribution in [3.05, 3.63) is 0 Å². The van der Waals surface area contributed by atoms with Crippen molar-refractivity contribution in [1.82, 2.24) is 0 Å². The molecule has 0 fully saturated rings. The molecule has 0 aliphatic rings. The van der Waals surface area contributed by atoms with Gasteiger partial charge in [-0.1, -0.05) is 11.6 Å². The average molecular weight is 221 g/mol. The Balaban J connectivity index is 4.51. The quantitative estimate of drug-likeness (QED) is 0.412. The molecule has 0 bridgehead atoms. The summed E-state index contributed by atoms with van der Waals surface area (Å²) in [6.07, 6.45) is 0. The molecule has 7 heteroatoms. The molecule has 0 saturated heterocycles. The van der Waals surface area contributed by atoms with Crippen molar-refractivity contribution in [1.29, 1.82) is 0 Å². The zero-order valence-electron chi connectivity index (χ0n) is 5.91. The number of carbonyl (C=O) groups excluding carboxylic acids is 1. The van der Waals surface area contributed by atoms with Crippen LogP contribution in [-0.4, -0.2) is 24.6 Å². The summed E-state index contributed by atoms with van der Waals surface area (Å²) in [5, 5.41) is -2.40. The zero-order valence-corrected chi connectivity index (χ0v) is 8.32. The smallest absolute Gasteiger partial charge is 0.311 e. The molecule has 0 rings (SSSR count). The predicted octanol–water partition coefficient (Wildman–Crippen LogP) is 1.80. The van der Waals surface area contributed by atoms with Crippen molar-refractivity contribution < 1.29 is 18.4 Å². The van der Waals surface area contributed by atoms with E-state index in [2.05, 4.69) is 9.05 Å². The maximum atomic E-state index is 11.2. The van der Waals surface area contributed by atoms with E-state index in [9.17, 15) is 9.36 Å². The maximum absolute atomic E-state index is 11.2. The van der Waals surface area contributed by atoms with Crippen LogP contribution in [0.25, 0.3) is 0 Å². The van der Waals surface area contributed by atoms with Crippen LogP contribution in [0.1, 0.15) is 0 Å². The molecule has 0 aromatic heterocycles. The second kappa shape index (κ2) is 4.43. The lowest BCUT2D eigenvalue weighted by molar-refractivity contribution is -0.110. The summed E-state index contributed by atoms with van der Waals surface area (Å²) in [7, 11) is -1.30. The number of hydrogen-bond acceptors (Lipinski definition) is 4. The van der Waals surface area contributed by atoms with Crippen LogP contribution >= 0.6 is 30.8 Å². The van der Waals surface area contributed by atoms with Crippen molar-refractivity contribution in [3.63, 3.8) is 0 Å². The molecule has 0 heterocycles. The molecule has 0 amide bonds. The highest BCUT2D eigenvalue weighted by atomic mass is 35.5. The normalized spacial score (nSPS) is 14.5. The Bertz CT molecular complexity index is 187. The van der Waals surface area contributed by atoms with Gasteiger partial charge in [-0.25, -0.2) is 0 Å². The lowest BCUT2D eigenvalue weighted by Crippen LogP contribution is -2.10. The van der Waals surface area contributed by atoms with E-state index >= 15 is 0 Å². The highest BCUT2D eigenvalue weighted by Gasteiger charge is 2.37. The van der Waals surface area contributed by atoms with E-state index in [0.29, 0.717) is 0 Å². The number of alkyl halides is 1. The fourth-order valence-corrected chi connectivity index (χ4v) is 1.99. The Kier molecular flexibility index (Phi) is 4.59. The van der Waals surface area contributed by atoms with Crippen LogP contribution in [0.3, 0.4) is 0 Å². The van der Waals surface area contributed by atoms with Gasteiger partial charge in [-0.3, -0.25) is 9.36 Å². The van der Waals surface area contributed by atoms with Gasteiger partial charge in [0.25, 0.3) is 5.24 Å². The van der Waals surface area contributed by atoms with Crippen molar-refractivity contribution in [3.8, 4) is 0 Å². The summed E-state index contributed by atoms with van der Waals surface area (Å²) >= 11 is 10.3. The Morgan fingerprint density at radius 2 is 1.82 bits per heavy atom. The van der Waals surface area contributed by atoms with Crippen molar-refractivity contribution in [2.75, 3.05) is 14.2 Å². The summed E-state index contributed by atoms with van der Waals surface area (Å²) in [5.74, 6) is 0. The Morgan fingerprint density at radius 3 is 1.91 bits per heavy atom. The first-order valence-electron chi connectivity index (χ1n) is 2.52. The highest BCUT2D eigenvalue weighted by molar-refractivity contribution is 7.58. The molecular weight excluding hydrogens is 214 g/mol. The number of rotatable bonds is 4. The van der Waals surface area contributed by atoms with Crippen molar-refractivity contribution >= 4 is 36.0 Å². The summed E-state index contributed by atoms with van der Waals surface area (Å²) < 4.78 is 20.0. The van der Waals surface area contributed by atoms with Crippen LogP contribution in [0.4, 0.5) is 0 Å². The third-order valence-corrected chi connectivity index (χ3v) is 4.18. The maximum Gasteiger partial charge on any atom is 0.356 e. The van der Waals surface area contributed by atoms with Gasteiger partial charge in [0.1, 0.15) is 0 Å². The van der Waals surface area contributed by atoms with Gasteiger partial charge < -0.3 is 9.05 Å². The summed E-state index contributed by atoms with van der Waals surface area (Å²) in [5.41, 5.74) is 0. The third kappa shape index (κ3) is 2.73. The molecule has 0 saturated carbocycles. The Labute approximate surface area is 74.3 Å². The number of carbonyl (C=O) groups is 1. The summed E-state index contributed by atoms with van der Waals surface area (Å²) in [4.78, 5) is 10.4. The van der Waals surface area contributed by atoms with Crippen molar-refractivity contribution in [2.45, 2.75) is 5.12 Å². The molecule has 0 aromatic carbocycles. The molecule has 0 radical (unpaired) electrons. The Hall–Kier alpha value is 0.400. The SMILES string of the molecule is COP(=O)(OC)C(Cl)C(=O)Cl. The van der Waals surface area contributed by atoms with E-state index < -0.39 is 18.0 Å². The topological polar surface area (TPSA) is 52.6 Å². The van der Waals surface area contributed by atoms with Gasteiger partial charge in [-0.05, 0) is 11.6 Å². The van der Waals surface area contributed by atoms with E-state index in [-0.39, 0.29) is 0 Å². The largest absolute Gasteiger partial charge is 0.356 e. The average Bonchev–Trinajstić information content (AvgIpc) is 2.01. The van der Waals surface area contributed by atoms with Gasteiger partial charge >= 0.3 is 7.60 Å². The lowest BCUT2D eigenvalue weighted by Gasteiger charge is -2.15. The molecule has 66 valence electrons. The van der Waals surface area contributed by atoms with Crippen LogP contribution in [0, 0.1) is 0 Å². The second-order valence-corrected chi connectivity index (χ2v) is 4.98. The van der Waals surface area contributed by atoms with E-state index in [1.54, 1.807) is 0 Å². The van der Waals surface area contributed by atoms with E-state index in [1.807, 2.05) is 0 Å². The minimum atomic E-state index is -3.54. The Morgan fingerprint density at radius 1 is 1.45 bits per heavy atom. The summed E-state index contributed by atoms with van der Waals surface area (Å²) in [6.45, 7) is 0. The summed E-state index contributed by atoms with van der Waals surface area (Å²) in [6, 6.07) is 0. The van der Waals surface area contributed by atoms with Gasteiger partial charge in [-0.2, -0.15) is 0 Å². The molecule has 0 spiro atoms. The fourth-order valence-electron chi connectivity index (χ4n) is 0.384. The van der Waals surface area contributed by atoms with Gasteiger partial charge in [0, 0.05) is 14.2 Å². The van der Waals surface area contributed by atoms with E-state index in [4.69, 9.17) is 23.2 Å². The van der Waals surface area contributed by atoms with Gasteiger partial charge in [-0.15, -0.1) is 0 Å². The van der Waals surface area contributed by atoms with Crippen LogP contribution in [0.2, 0.25) is 0 Å². The highest BCUT2D eigenvalue weighted by Crippen LogP contribution is 2.53. The molecule has 1 unspecified atom stereocenters. The predicted molar refractivity (Wildman–Crippen MR) is 42.1 cm³/mol. The van der Waals surface area contributed by atoms with Crippen LogP contribution in [0.5, 0.6) is 0 Å². The zero-order chi connectivity index (χ0) is 9.07. The molecule has 0 N–H and O–H groups in total.